The first-order valence-corrected chi connectivity index (χ1v) is 8.15. The molecule has 0 atom stereocenters. The van der Waals surface area contributed by atoms with Gasteiger partial charge in [0.15, 0.2) is 0 Å². The molecule has 3 aromatic rings. The summed E-state index contributed by atoms with van der Waals surface area (Å²) in [6, 6.07) is 11.8. The molecule has 0 aliphatic heterocycles. The minimum atomic E-state index is -0.620. The summed E-state index contributed by atoms with van der Waals surface area (Å²) in [5.41, 5.74) is 1.16. The Bertz CT molecular complexity index is 1100. The van der Waals surface area contributed by atoms with Crippen molar-refractivity contribution in [3.05, 3.63) is 73.9 Å². The Balaban J connectivity index is 1.83. The molecular weight excluding hydrogens is 393 g/mol. The number of carbonyl (C=O) groups is 1. The molecule has 0 fully saturated rings. The van der Waals surface area contributed by atoms with Crippen LogP contribution in [0.15, 0.2) is 42.5 Å². The quantitative estimate of drug-likeness (QED) is 0.494. The first-order valence-electron chi connectivity index (χ1n) is 7.40. The number of nitrogens with zero attached hydrogens (tertiary/aromatic N) is 3. The van der Waals surface area contributed by atoms with Crippen LogP contribution in [-0.4, -0.2) is 21.0 Å². The second-order valence-electron chi connectivity index (χ2n) is 5.35. The van der Waals surface area contributed by atoms with Gasteiger partial charge in [0.25, 0.3) is 11.6 Å². The Morgan fingerprint density at radius 3 is 2.63 bits per heavy atom. The van der Waals surface area contributed by atoms with Crippen molar-refractivity contribution < 1.29 is 9.72 Å². The van der Waals surface area contributed by atoms with Crippen molar-refractivity contribution in [1.29, 1.82) is 5.26 Å². The number of anilines is 1. The molecule has 0 saturated heterocycles. The predicted octanol–water partition coefficient (Wildman–Crippen LogP) is 4.42. The Hall–Kier alpha value is -3.41. The topological polar surface area (TPSA) is 125 Å². The molecule has 8 nitrogen and oxygen atoms in total. The summed E-state index contributed by atoms with van der Waals surface area (Å²) in [5, 5.41) is 29.9. The number of carbonyl (C=O) groups excluding carboxylic acids is 1. The van der Waals surface area contributed by atoms with Crippen LogP contribution in [-0.2, 0) is 0 Å². The molecule has 1 heterocycles. The van der Waals surface area contributed by atoms with Gasteiger partial charge >= 0.3 is 0 Å². The van der Waals surface area contributed by atoms with Crippen molar-refractivity contribution in [3.63, 3.8) is 0 Å². The maximum atomic E-state index is 12.4. The second kappa shape index (κ2) is 7.45. The van der Waals surface area contributed by atoms with Gasteiger partial charge in [0.1, 0.15) is 11.8 Å². The highest BCUT2D eigenvalue weighted by Gasteiger charge is 2.16. The van der Waals surface area contributed by atoms with Crippen molar-refractivity contribution in [2.45, 2.75) is 0 Å². The summed E-state index contributed by atoms with van der Waals surface area (Å²) >= 11 is 11.9. The molecular formula is C17H9Cl2N5O3. The number of non-ortho nitro benzene ring substituents is 1. The van der Waals surface area contributed by atoms with Gasteiger partial charge in [-0.2, -0.15) is 10.4 Å². The van der Waals surface area contributed by atoms with Crippen LogP contribution in [0.4, 0.5) is 11.4 Å². The summed E-state index contributed by atoms with van der Waals surface area (Å²) in [6.45, 7) is 0. The van der Waals surface area contributed by atoms with Crippen molar-refractivity contribution >= 4 is 40.5 Å². The Morgan fingerprint density at radius 2 is 1.96 bits per heavy atom. The SMILES string of the molecule is N#Cc1cc([N+](=O)[O-])ccc1NC(=O)c1cc(-c2ccc(Cl)c(Cl)c2)n[nH]1. The highest BCUT2D eigenvalue weighted by Crippen LogP contribution is 2.28. The van der Waals surface area contributed by atoms with Crippen LogP contribution in [0.1, 0.15) is 16.1 Å². The van der Waals surface area contributed by atoms with Crippen LogP contribution >= 0.6 is 23.2 Å². The van der Waals surface area contributed by atoms with E-state index in [0.29, 0.717) is 21.3 Å². The number of halogens is 2. The molecule has 2 aromatic carbocycles. The molecule has 10 heteroatoms. The molecule has 3 rings (SSSR count). The van der Waals surface area contributed by atoms with E-state index in [1.54, 1.807) is 18.2 Å². The fourth-order valence-electron chi connectivity index (χ4n) is 2.28. The highest BCUT2D eigenvalue weighted by molar-refractivity contribution is 6.42. The maximum absolute atomic E-state index is 12.4. The first kappa shape index (κ1) is 18.4. The van der Waals surface area contributed by atoms with Gasteiger partial charge in [0, 0.05) is 17.7 Å². The standard InChI is InChI=1S/C17H9Cl2N5O3/c18-12-3-1-9(6-13(12)19)15-7-16(23-22-15)17(25)21-14-4-2-11(24(26)27)5-10(14)8-20/h1-7H,(H,21,25)(H,22,23). The van der Waals surface area contributed by atoms with Crippen LogP contribution in [0, 0.1) is 21.4 Å². The lowest BCUT2D eigenvalue weighted by atomic mass is 10.1. The monoisotopic (exact) mass is 401 g/mol. The van der Waals surface area contributed by atoms with Crippen molar-refractivity contribution in [3.8, 4) is 17.3 Å². The molecule has 0 aliphatic rings. The van der Waals surface area contributed by atoms with Crippen LogP contribution in [0.2, 0.25) is 10.0 Å². The van der Waals surface area contributed by atoms with Gasteiger partial charge in [-0.05, 0) is 24.3 Å². The van der Waals surface area contributed by atoms with E-state index in [1.807, 2.05) is 6.07 Å². The molecule has 1 amide bonds. The Labute approximate surface area is 162 Å². The molecule has 0 saturated carbocycles. The maximum Gasteiger partial charge on any atom is 0.273 e. The fourth-order valence-corrected chi connectivity index (χ4v) is 2.58. The number of rotatable bonds is 4. The molecule has 0 unspecified atom stereocenters. The molecule has 134 valence electrons. The van der Waals surface area contributed by atoms with Crippen molar-refractivity contribution in [2.24, 2.45) is 0 Å². The smallest absolute Gasteiger partial charge is 0.273 e. The average Bonchev–Trinajstić information content (AvgIpc) is 3.14. The van der Waals surface area contributed by atoms with E-state index < -0.39 is 10.8 Å². The molecule has 27 heavy (non-hydrogen) atoms. The minimum Gasteiger partial charge on any atom is -0.319 e. The van der Waals surface area contributed by atoms with Gasteiger partial charge < -0.3 is 5.32 Å². The summed E-state index contributed by atoms with van der Waals surface area (Å²) in [5.74, 6) is -0.556. The number of nitro groups is 1. The van der Waals surface area contributed by atoms with E-state index in [2.05, 4.69) is 15.5 Å². The number of nitriles is 1. The third kappa shape index (κ3) is 3.89. The normalized spacial score (nSPS) is 10.3. The number of aromatic nitrogens is 2. The summed E-state index contributed by atoms with van der Waals surface area (Å²) < 4.78 is 0. The molecule has 0 aliphatic carbocycles. The van der Waals surface area contributed by atoms with Gasteiger partial charge in [0.2, 0.25) is 0 Å². The van der Waals surface area contributed by atoms with E-state index in [1.165, 1.54) is 18.2 Å². The number of benzene rings is 2. The van der Waals surface area contributed by atoms with E-state index >= 15 is 0 Å². The second-order valence-corrected chi connectivity index (χ2v) is 6.16. The molecule has 2 N–H and O–H groups in total. The molecule has 1 aromatic heterocycles. The van der Waals surface area contributed by atoms with Crippen molar-refractivity contribution in [2.75, 3.05) is 5.32 Å². The van der Waals surface area contributed by atoms with Crippen LogP contribution in [0.25, 0.3) is 11.3 Å². The van der Waals surface area contributed by atoms with Gasteiger partial charge in [-0.3, -0.25) is 20.0 Å². The first-order chi connectivity index (χ1) is 12.9. The predicted molar refractivity (Wildman–Crippen MR) is 99.8 cm³/mol. The number of nitro benzene ring substituents is 1. The number of aromatic amines is 1. The van der Waals surface area contributed by atoms with E-state index in [-0.39, 0.29) is 22.6 Å². The molecule has 0 radical (unpaired) electrons. The number of H-pyrrole nitrogens is 1. The van der Waals surface area contributed by atoms with Gasteiger partial charge in [-0.25, -0.2) is 0 Å². The lowest BCUT2D eigenvalue weighted by molar-refractivity contribution is -0.384. The van der Waals surface area contributed by atoms with E-state index in [9.17, 15) is 14.9 Å². The largest absolute Gasteiger partial charge is 0.319 e. The number of hydrogen-bond acceptors (Lipinski definition) is 5. The Kier molecular flexibility index (Phi) is 5.07. The highest BCUT2D eigenvalue weighted by atomic mass is 35.5. The minimum absolute atomic E-state index is 0.0261. The van der Waals surface area contributed by atoms with Gasteiger partial charge in [0.05, 0.1) is 31.9 Å². The number of nitrogens with one attached hydrogen (secondary N) is 2. The zero-order chi connectivity index (χ0) is 19.6. The van der Waals surface area contributed by atoms with Gasteiger partial charge in [-0.1, -0.05) is 29.3 Å². The summed E-state index contributed by atoms with van der Waals surface area (Å²) in [7, 11) is 0. The number of amides is 1. The lowest BCUT2D eigenvalue weighted by Crippen LogP contribution is -2.13. The van der Waals surface area contributed by atoms with E-state index in [4.69, 9.17) is 28.5 Å². The third-order valence-corrected chi connectivity index (χ3v) is 4.36. The molecule has 0 spiro atoms. The summed E-state index contributed by atoms with van der Waals surface area (Å²) in [4.78, 5) is 22.6. The third-order valence-electron chi connectivity index (χ3n) is 3.62. The number of hydrogen-bond donors (Lipinski definition) is 2. The lowest BCUT2D eigenvalue weighted by Gasteiger charge is -2.05. The fraction of sp³-hybridized carbons (Fsp3) is 0. The summed E-state index contributed by atoms with van der Waals surface area (Å²) in [6.07, 6.45) is 0. The molecule has 0 bridgehead atoms. The van der Waals surface area contributed by atoms with Crippen LogP contribution in [0.3, 0.4) is 0 Å². The van der Waals surface area contributed by atoms with Gasteiger partial charge in [-0.15, -0.1) is 0 Å². The van der Waals surface area contributed by atoms with Crippen molar-refractivity contribution in [1.82, 2.24) is 10.2 Å². The zero-order valence-corrected chi connectivity index (χ0v) is 14.9. The zero-order valence-electron chi connectivity index (χ0n) is 13.4. The van der Waals surface area contributed by atoms with Crippen LogP contribution in [0.5, 0.6) is 0 Å². The van der Waals surface area contributed by atoms with Crippen LogP contribution < -0.4 is 5.32 Å². The van der Waals surface area contributed by atoms with E-state index in [0.717, 1.165) is 6.07 Å². The Morgan fingerprint density at radius 1 is 1.19 bits per heavy atom. The average molecular weight is 402 g/mol.